The van der Waals surface area contributed by atoms with Crippen molar-refractivity contribution in [1.82, 2.24) is 9.97 Å². The smallest absolute Gasteiger partial charge is 0.330 e. The van der Waals surface area contributed by atoms with Crippen molar-refractivity contribution < 1.29 is 19.1 Å². The van der Waals surface area contributed by atoms with E-state index in [1.165, 1.54) is 14.0 Å². The largest absolute Gasteiger partial charge is 0.497 e. The third-order valence-electron chi connectivity index (χ3n) is 6.25. The van der Waals surface area contributed by atoms with Gasteiger partial charge in [-0.05, 0) is 30.9 Å². The second kappa shape index (κ2) is 10.1. The zero-order valence-electron chi connectivity index (χ0n) is 20.7. The molecule has 11 heteroatoms. The van der Waals surface area contributed by atoms with Crippen LogP contribution in [-0.4, -0.2) is 42.7 Å². The Kier molecular flexibility index (Phi) is 6.75. The number of urea groups is 1. The van der Waals surface area contributed by atoms with Crippen molar-refractivity contribution in [3.63, 3.8) is 0 Å². The van der Waals surface area contributed by atoms with E-state index in [0.29, 0.717) is 57.8 Å². The van der Waals surface area contributed by atoms with Crippen molar-refractivity contribution in [3.05, 3.63) is 53.2 Å². The molecule has 3 amide bonds. The Balaban J connectivity index is 1.51. The molecule has 37 heavy (non-hydrogen) atoms. The van der Waals surface area contributed by atoms with Gasteiger partial charge in [0.1, 0.15) is 22.3 Å². The number of methoxy groups -OCH3 is 2. The maximum Gasteiger partial charge on any atom is 0.330 e. The number of nitrogens with one attached hydrogen (secondary N) is 2. The van der Waals surface area contributed by atoms with Gasteiger partial charge in [0.15, 0.2) is 0 Å². The molecular formula is C26H27ClN6O4. The topological polar surface area (TPSA) is 109 Å². The lowest BCUT2D eigenvalue weighted by Gasteiger charge is -2.36. The summed E-state index contributed by atoms with van der Waals surface area (Å²) in [5.41, 5.74) is 2.51. The fourth-order valence-electron chi connectivity index (χ4n) is 4.22. The minimum Gasteiger partial charge on any atom is -0.497 e. The number of carbonyl (C=O) groups is 2. The molecule has 0 saturated heterocycles. The summed E-state index contributed by atoms with van der Waals surface area (Å²) in [7, 11) is 3.06. The van der Waals surface area contributed by atoms with Crippen LogP contribution in [-0.2, 0) is 11.3 Å². The van der Waals surface area contributed by atoms with Gasteiger partial charge in [0.25, 0.3) is 0 Å². The average molecular weight is 523 g/mol. The van der Waals surface area contributed by atoms with Crippen molar-refractivity contribution in [2.45, 2.75) is 26.3 Å². The number of benzene rings is 2. The van der Waals surface area contributed by atoms with Crippen molar-refractivity contribution in [3.8, 4) is 11.5 Å². The van der Waals surface area contributed by atoms with Crippen LogP contribution in [0.4, 0.5) is 33.6 Å². The highest BCUT2D eigenvalue weighted by Gasteiger charge is 2.38. The van der Waals surface area contributed by atoms with Crippen molar-refractivity contribution in [2.24, 2.45) is 5.92 Å². The Morgan fingerprint density at radius 1 is 1.16 bits per heavy atom. The number of hydrogen-bond acceptors (Lipinski definition) is 7. The molecule has 1 aromatic heterocycles. The second-order valence-corrected chi connectivity index (χ2v) is 9.36. The van der Waals surface area contributed by atoms with Gasteiger partial charge in [-0.15, -0.1) is 0 Å². The summed E-state index contributed by atoms with van der Waals surface area (Å²) in [6.45, 7) is 2.22. The van der Waals surface area contributed by atoms with E-state index in [1.807, 2.05) is 18.2 Å². The van der Waals surface area contributed by atoms with Crippen LogP contribution >= 0.6 is 11.6 Å². The molecule has 3 aromatic rings. The van der Waals surface area contributed by atoms with Gasteiger partial charge in [0, 0.05) is 37.4 Å². The van der Waals surface area contributed by atoms with E-state index in [9.17, 15) is 9.59 Å². The number of hydrogen-bond donors (Lipinski definition) is 2. The van der Waals surface area contributed by atoms with Gasteiger partial charge >= 0.3 is 6.03 Å². The molecule has 2 heterocycles. The Labute approximate surface area is 219 Å². The molecule has 10 nitrogen and oxygen atoms in total. The van der Waals surface area contributed by atoms with Gasteiger partial charge in [-0.2, -0.15) is 4.98 Å². The minimum absolute atomic E-state index is 0.185. The zero-order valence-corrected chi connectivity index (χ0v) is 21.5. The van der Waals surface area contributed by atoms with Gasteiger partial charge in [-0.3, -0.25) is 14.6 Å². The summed E-state index contributed by atoms with van der Waals surface area (Å²) in [4.78, 5) is 37.9. The summed E-state index contributed by atoms with van der Waals surface area (Å²) >= 11 is 6.63. The van der Waals surface area contributed by atoms with Crippen LogP contribution in [0.15, 0.2) is 42.6 Å². The van der Waals surface area contributed by atoms with Crippen molar-refractivity contribution in [2.75, 3.05) is 41.2 Å². The number of carbonyl (C=O) groups excluding carboxylic acids is 2. The van der Waals surface area contributed by atoms with Crippen molar-refractivity contribution >= 4 is 52.4 Å². The SMILES string of the molecule is COc1cc(OC)c(Cl)c(N2Cc3cnc(Nc4ccccc4NC(C)=O)nc3N(CC3CC3)C2=O)c1. The standard InChI is InChI=1S/C26H27ClN6O4/c1-15(34)29-19-6-4-5-7-20(19)30-25-28-12-17-14-32(21-10-18(36-2)11-22(37-3)23(21)27)26(35)33(24(17)31-25)13-16-8-9-16/h4-7,10-12,16H,8-9,13-14H2,1-3H3,(H,29,34)(H,28,30,31). The van der Waals surface area contributed by atoms with Crippen LogP contribution in [0.25, 0.3) is 0 Å². The first-order chi connectivity index (χ1) is 17.9. The Bertz CT molecular complexity index is 1360. The molecule has 0 atom stereocenters. The van der Waals surface area contributed by atoms with Crippen molar-refractivity contribution in [1.29, 1.82) is 0 Å². The quantitative estimate of drug-likeness (QED) is 0.418. The molecule has 0 spiro atoms. The molecule has 5 rings (SSSR count). The highest BCUT2D eigenvalue weighted by molar-refractivity contribution is 6.35. The van der Waals surface area contributed by atoms with E-state index in [4.69, 9.17) is 26.1 Å². The first-order valence-electron chi connectivity index (χ1n) is 11.9. The predicted octanol–water partition coefficient (Wildman–Crippen LogP) is 5.21. The number of amides is 3. The van der Waals surface area contributed by atoms with E-state index in [2.05, 4.69) is 15.6 Å². The number of aromatic nitrogens is 2. The number of rotatable bonds is 8. The fourth-order valence-corrected chi connectivity index (χ4v) is 4.51. The van der Waals surface area contributed by atoms with Gasteiger partial charge < -0.3 is 20.1 Å². The molecule has 2 N–H and O–H groups in total. The molecule has 1 aliphatic heterocycles. The molecule has 2 aliphatic rings. The lowest BCUT2D eigenvalue weighted by molar-refractivity contribution is -0.114. The van der Waals surface area contributed by atoms with E-state index >= 15 is 0 Å². The highest BCUT2D eigenvalue weighted by Crippen LogP contribution is 2.43. The molecule has 1 fully saturated rings. The normalized spacial score (nSPS) is 14.8. The van der Waals surface area contributed by atoms with E-state index in [-0.39, 0.29) is 18.5 Å². The monoisotopic (exact) mass is 522 g/mol. The summed E-state index contributed by atoms with van der Waals surface area (Å²) in [6, 6.07) is 10.4. The minimum atomic E-state index is -0.236. The highest BCUT2D eigenvalue weighted by atomic mass is 35.5. The van der Waals surface area contributed by atoms with Crippen LogP contribution in [0.1, 0.15) is 25.3 Å². The van der Waals surface area contributed by atoms with Crippen LogP contribution in [0, 0.1) is 5.92 Å². The Morgan fingerprint density at radius 3 is 2.59 bits per heavy atom. The third-order valence-corrected chi connectivity index (χ3v) is 6.63. The van der Waals surface area contributed by atoms with Gasteiger partial charge in [0.05, 0.1) is 37.8 Å². The molecule has 0 radical (unpaired) electrons. The maximum absolute atomic E-state index is 13.8. The summed E-state index contributed by atoms with van der Waals surface area (Å²) < 4.78 is 10.8. The molecule has 1 aliphatic carbocycles. The summed E-state index contributed by atoms with van der Waals surface area (Å²) in [5, 5.41) is 6.28. The fraction of sp³-hybridized carbons (Fsp3) is 0.308. The predicted molar refractivity (Wildman–Crippen MR) is 142 cm³/mol. The Morgan fingerprint density at radius 2 is 1.92 bits per heavy atom. The van der Waals surface area contributed by atoms with Crippen LogP contribution in [0.2, 0.25) is 5.02 Å². The van der Waals surface area contributed by atoms with Gasteiger partial charge in [-0.25, -0.2) is 9.78 Å². The molecule has 0 bridgehead atoms. The van der Waals surface area contributed by atoms with Crippen LogP contribution in [0.3, 0.4) is 0 Å². The third kappa shape index (κ3) is 5.10. The number of halogens is 1. The summed E-state index contributed by atoms with van der Waals surface area (Å²) in [5.74, 6) is 2.04. The maximum atomic E-state index is 13.8. The molecule has 2 aromatic carbocycles. The van der Waals surface area contributed by atoms with Gasteiger partial charge in [-0.1, -0.05) is 23.7 Å². The first kappa shape index (κ1) is 24.6. The van der Waals surface area contributed by atoms with E-state index < -0.39 is 0 Å². The molecular weight excluding hydrogens is 496 g/mol. The van der Waals surface area contributed by atoms with Gasteiger partial charge in [0.2, 0.25) is 11.9 Å². The average Bonchev–Trinajstić information content (AvgIpc) is 3.71. The van der Waals surface area contributed by atoms with Crippen LogP contribution in [0.5, 0.6) is 11.5 Å². The zero-order chi connectivity index (χ0) is 26.1. The number of nitrogens with zero attached hydrogens (tertiary/aromatic N) is 4. The number of para-hydroxylation sites is 2. The number of anilines is 5. The summed E-state index contributed by atoms with van der Waals surface area (Å²) in [6.07, 6.45) is 3.83. The number of ether oxygens (including phenoxy) is 2. The molecule has 0 unspecified atom stereocenters. The van der Waals surface area contributed by atoms with E-state index in [1.54, 1.807) is 41.3 Å². The molecule has 1 saturated carbocycles. The Hall–Kier alpha value is -4.05. The lowest BCUT2D eigenvalue weighted by atomic mass is 10.1. The lowest BCUT2D eigenvalue weighted by Crippen LogP contribution is -2.49. The number of fused-ring (bicyclic) bond motifs is 1. The molecule has 192 valence electrons. The van der Waals surface area contributed by atoms with E-state index in [0.717, 1.165) is 18.4 Å². The van der Waals surface area contributed by atoms with Crippen LogP contribution < -0.4 is 29.9 Å². The second-order valence-electron chi connectivity index (χ2n) is 8.98. The first-order valence-corrected chi connectivity index (χ1v) is 12.3.